The van der Waals surface area contributed by atoms with Crippen LogP contribution in [0.2, 0.25) is 0 Å². The van der Waals surface area contributed by atoms with Crippen LogP contribution in [-0.4, -0.2) is 53.4 Å². The molecule has 2 saturated heterocycles. The third kappa shape index (κ3) is 3.41. The van der Waals surface area contributed by atoms with Gasteiger partial charge in [0.1, 0.15) is 17.1 Å². The van der Waals surface area contributed by atoms with E-state index in [0.717, 1.165) is 4.90 Å². The summed E-state index contributed by atoms with van der Waals surface area (Å²) < 4.78 is 18.3. The van der Waals surface area contributed by atoms with Crippen molar-refractivity contribution in [3.8, 4) is 5.75 Å². The molecule has 4 amide bonds. The summed E-state index contributed by atoms with van der Waals surface area (Å²) in [7, 11) is 1.52. The number of hydrogen-bond donors (Lipinski definition) is 1. The van der Waals surface area contributed by atoms with Crippen molar-refractivity contribution < 1.29 is 23.5 Å². The molecule has 2 aliphatic heterocycles. The summed E-state index contributed by atoms with van der Waals surface area (Å²) in [5.74, 6) is -0.405. The van der Waals surface area contributed by atoms with E-state index < -0.39 is 11.6 Å². The fourth-order valence-electron chi connectivity index (χ4n) is 3.79. The molecule has 1 N–H and O–H groups in total. The van der Waals surface area contributed by atoms with E-state index in [2.05, 4.69) is 5.32 Å². The Morgan fingerprint density at radius 2 is 1.97 bits per heavy atom. The van der Waals surface area contributed by atoms with E-state index in [1.165, 1.54) is 31.4 Å². The first-order chi connectivity index (χ1) is 13.9. The van der Waals surface area contributed by atoms with Gasteiger partial charge in [0.2, 0.25) is 0 Å². The molecule has 4 rings (SSSR count). The molecule has 8 heteroatoms. The third-order valence-electron chi connectivity index (χ3n) is 5.37. The highest BCUT2D eigenvalue weighted by molar-refractivity contribution is 6.08. The molecule has 1 spiro atoms. The predicted octanol–water partition coefficient (Wildman–Crippen LogP) is 2.17. The van der Waals surface area contributed by atoms with Gasteiger partial charge in [-0.1, -0.05) is 18.2 Å². The maximum absolute atomic E-state index is 13.1. The number of nitrogens with one attached hydrogen (secondary N) is 1. The summed E-state index contributed by atoms with van der Waals surface area (Å²) in [5.41, 5.74) is -0.0124. The molecule has 0 unspecified atom stereocenters. The Bertz CT molecular complexity index is 978. The van der Waals surface area contributed by atoms with Gasteiger partial charge in [0.15, 0.2) is 0 Å². The fraction of sp³-hybridized carbons (Fsp3) is 0.286. The monoisotopic (exact) mass is 397 g/mol. The normalized spacial score (nSPS) is 21.0. The lowest BCUT2D eigenvalue weighted by Crippen LogP contribution is -2.49. The first-order valence-corrected chi connectivity index (χ1v) is 9.24. The zero-order valence-corrected chi connectivity index (χ0v) is 15.9. The number of rotatable bonds is 4. The highest BCUT2D eigenvalue weighted by Gasteiger charge is 2.55. The Morgan fingerprint density at radius 1 is 1.21 bits per heavy atom. The molecule has 2 aromatic carbocycles. The number of amides is 4. The van der Waals surface area contributed by atoms with Crippen molar-refractivity contribution in [2.24, 2.45) is 0 Å². The number of likely N-dealkylation sites (tertiary alicyclic amines) is 1. The van der Waals surface area contributed by atoms with Gasteiger partial charge in [0, 0.05) is 12.1 Å². The lowest BCUT2D eigenvalue weighted by Gasteiger charge is -2.22. The van der Waals surface area contributed by atoms with Crippen LogP contribution in [0.15, 0.2) is 48.5 Å². The Balaban J connectivity index is 1.49. The molecule has 2 fully saturated rings. The first-order valence-electron chi connectivity index (χ1n) is 9.24. The lowest BCUT2D eigenvalue weighted by atomic mass is 9.99. The maximum Gasteiger partial charge on any atom is 0.325 e. The van der Waals surface area contributed by atoms with Crippen molar-refractivity contribution in [1.29, 1.82) is 0 Å². The smallest absolute Gasteiger partial charge is 0.325 e. The Kier molecular flexibility index (Phi) is 4.70. The van der Waals surface area contributed by atoms with Crippen LogP contribution >= 0.6 is 0 Å². The quantitative estimate of drug-likeness (QED) is 0.802. The Labute approximate surface area is 167 Å². The molecule has 2 heterocycles. The molecule has 150 valence electrons. The number of ether oxygens (including phenoxy) is 1. The van der Waals surface area contributed by atoms with Gasteiger partial charge in [-0.25, -0.2) is 9.18 Å². The van der Waals surface area contributed by atoms with E-state index in [9.17, 15) is 18.8 Å². The van der Waals surface area contributed by atoms with Crippen LogP contribution in [0.1, 0.15) is 22.3 Å². The first kappa shape index (κ1) is 18.9. The van der Waals surface area contributed by atoms with Gasteiger partial charge in [-0.15, -0.1) is 0 Å². The van der Waals surface area contributed by atoms with E-state index >= 15 is 0 Å². The van der Waals surface area contributed by atoms with E-state index in [1.807, 2.05) is 0 Å². The number of carbonyl (C=O) groups excluding carboxylic acids is 3. The molecule has 0 bridgehead atoms. The highest BCUT2D eigenvalue weighted by atomic mass is 19.1. The molecular weight excluding hydrogens is 377 g/mol. The third-order valence-corrected chi connectivity index (χ3v) is 5.37. The Morgan fingerprint density at radius 3 is 2.69 bits per heavy atom. The summed E-state index contributed by atoms with van der Waals surface area (Å²) in [6.07, 6.45) is 0.340. The van der Waals surface area contributed by atoms with E-state index in [1.54, 1.807) is 29.2 Å². The van der Waals surface area contributed by atoms with Crippen molar-refractivity contribution in [2.45, 2.75) is 18.5 Å². The average molecular weight is 397 g/mol. The van der Waals surface area contributed by atoms with Crippen LogP contribution in [0.25, 0.3) is 0 Å². The fourth-order valence-corrected chi connectivity index (χ4v) is 3.79. The van der Waals surface area contributed by atoms with E-state index in [0.29, 0.717) is 29.8 Å². The van der Waals surface area contributed by atoms with Crippen LogP contribution in [0.3, 0.4) is 0 Å². The van der Waals surface area contributed by atoms with Crippen LogP contribution in [0.5, 0.6) is 5.75 Å². The van der Waals surface area contributed by atoms with Crippen LogP contribution in [0, 0.1) is 5.82 Å². The molecule has 0 saturated carbocycles. The summed E-state index contributed by atoms with van der Waals surface area (Å²) in [4.78, 5) is 41.0. The van der Waals surface area contributed by atoms with Gasteiger partial charge in [-0.2, -0.15) is 0 Å². The van der Waals surface area contributed by atoms with Crippen LogP contribution in [-0.2, 0) is 11.3 Å². The minimum absolute atomic E-state index is 0.0521. The second kappa shape index (κ2) is 7.20. The van der Waals surface area contributed by atoms with Crippen molar-refractivity contribution in [2.75, 3.05) is 20.2 Å². The zero-order chi connectivity index (χ0) is 20.6. The summed E-state index contributed by atoms with van der Waals surface area (Å²) in [6, 6.07) is 11.9. The zero-order valence-electron chi connectivity index (χ0n) is 15.9. The standard InChI is InChI=1S/C21H20FN3O4/c1-29-17-4-2-3-15(11-17)18(26)24-10-9-21(13-24)19(27)25(20(28)23-21)12-14-5-7-16(22)8-6-14/h2-8,11H,9-10,12-13H2,1H3,(H,23,28)/t21-/m0/s1. The van der Waals surface area contributed by atoms with Crippen molar-refractivity contribution >= 4 is 17.8 Å². The number of benzene rings is 2. The topological polar surface area (TPSA) is 79.0 Å². The number of imide groups is 1. The molecule has 1 atom stereocenters. The van der Waals surface area contributed by atoms with Crippen molar-refractivity contribution in [3.05, 3.63) is 65.5 Å². The number of halogens is 1. The highest BCUT2D eigenvalue weighted by Crippen LogP contribution is 2.31. The average Bonchev–Trinajstić information content (AvgIpc) is 3.26. The number of methoxy groups -OCH3 is 1. The summed E-state index contributed by atoms with van der Waals surface area (Å²) in [6.45, 7) is 0.510. The summed E-state index contributed by atoms with van der Waals surface area (Å²) in [5, 5.41) is 2.76. The Hall–Kier alpha value is -3.42. The molecule has 2 aliphatic rings. The number of urea groups is 1. The molecule has 0 aliphatic carbocycles. The summed E-state index contributed by atoms with van der Waals surface area (Å²) >= 11 is 0. The number of nitrogens with zero attached hydrogens (tertiary/aromatic N) is 2. The number of carbonyl (C=O) groups is 3. The van der Waals surface area contributed by atoms with Crippen LogP contribution in [0.4, 0.5) is 9.18 Å². The molecule has 0 aromatic heterocycles. The van der Waals surface area contributed by atoms with Gasteiger partial charge >= 0.3 is 6.03 Å². The van der Waals surface area contributed by atoms with E-state index in [-0.39, 0.29) is 30.7 Å². The SMILES string of the molecule is COc1cccc(C(=O)N2CC[C@@]3(C2)NC(=O)N(Cc2ccc(F)cc2)C3=O)c1. The minimum Gasteiger partial charge on any atom is -0.497 e. The van der Waals surface area contributed by atoms with Crippen LogP contribution < -0.4 is 10.1 Å². The molecule has 7 nitrogen and oxygen atoms in total. The van der Waals surface area contributed by atoms with Gasteiger partial charge in [-0.05, 0) is 42.3 Å². The van der Waals surface area contributed by atoms with Gasteiger partial charge in [0.25, 0.3) is 11.8 Å². The van der Waals surface area contributed by atoms with E-state index in [4.69, 9.17) is 4.74 Å². The molecule has 29 heavy (non-hydrogen) atoms. The van der Waals surface area contributed by atoms with Crippen molar-refractivity contribution in [1.82, 2.24) is 15.1 Å². The molecular formula is C21H20FN3O4. The number of hydrogen-bond acceptors (Lipinski definition) is 4. The minimum atomic E-state index is -1.12. The van der Waals surface area contributed by atoms with Crippen molar-refractivity contribution in [3.63, 3.8) is 0 Å². The largest absolute Gasteiger partial charge is 0.497 e. The molecule has 0 radical (unpaired) electrons. The second-order valence-electron chi connectivity index (χ2n) is 7.24. The van der Waals surface area contributed by atoms with Gasteiger partial charge < -0.3 is 15.0 Å². The molecule has 2 aromatic rings. The van der Waals surface area contributed by atoms with Gasteiger partial charge in [0.05, 0.1) is 20.2 Å². The van der Waals surface area contributed by atoms with Gasteiger partial charge in [-0.3, -0.25) is 14.5 Å². The second-order valence-corrected chi connectivity index (χ2v) is 7.24. The lowest BCUT2D eigenvalue weighted by molar-refractivity contribution is -0.131. The maximum atomic E-state index is 13.1. The predicted molar refractivity (Wildman–Crippen MR) is 102 cm³/mol.